The predicted molar refractivity (Wildman–Crippen MR) is 134 cm³/mol. The standard InChI is InChI=1S/C28H28N2O4/c1-5-33-27-19(3)28-24(25(17-34-28)21-8-10-22(32-4)11-9-21)14-23(27)18(2)13-26(31)30-16-20-7-6-12-29-15-20/h6-15,17H,5,16H2,1-4H3,(H,30,31)/b18-13+. The topological polar surface area (TPSA) is 73.6 Å². The summed E-state index contributed by atoms with van der Waals surface area (Å²) >= 11 is 0. The summed E-state index contributed by atoms with van der Waals surface area (Å²) in [7, 11) is 1.65. The molecule has 2 aromatic carbocycles. The largest absolute Gasteiger partial charge is 0.497 e. The first-order chi connectivity index (χ1) is 16.5. The zero-order chi connectivity index (χ0) is 24.1. The average Bonchev–Trinajstić information content (AvgIpc) is 3.29. The number of methoxy groups -OCH3 is 1. The van der Waals surface area contributed by atoms with Crippen LogP contribution < -0.4 is 14.8 Å². The summed E-state index contributed by atoms with van der Waals surface area (Å²) in [5, 5.41) is 3.88. The maximum absolute atomic E-state index is 12.6. The molecule has 34 heavy (non-hydrogen) atoms. The van der Waals surface area contributed by atoms with Crippen molar-refractivity contribution in [2.24, 2.45) is 0 Å². The van der Waals surface area contributed by atoms with Crippen molar-refractivity contribution in [3.63, 3.8) is 0 Å². The lowest BCUT2D eigenvalue weighted by atomic mass is 9.96. The Hall–Kier alpha value is -4.06. The number of pyridine rings is 1. The van der Waals surface area contributed by atoms with Crippen LogP contribution in [0.15, 0.2) is 71.6 Å². The van der Waals surface area contributed by atoms with Crippen molar-refractivity contribution >= 4 is 22.4 Å². The molecule has 2 heterocycles. The Balaban J connectivity index is 1.71. The van der Waals surface area contributed by atoms with E-state index in [0.29, 0.717) is 13.2 Å². The molecule has 174 valence electrons. The number of nitrogens with zero attached hydrogens (tertiary/aromatic N) is 1. The average molecular weight is 457 g/mol. The van der Waals surface area contributed by atoms with Gasteiger partial charge in [0.15, 0.2) is 0 Å². The number of carbonyl (C=O) groups excluding carboxylic acids is 1. The molecule has 0 aliphatic rings. The zero-order valence-corrected chi connectivity index (χ0v) is 19.8. The fraction of sp³-hybridized carbons (Fsp3) is 0.214. The van der Waals surface area contributed by atoms with Crippen molar-refractivity contribution in [3.05, 3.63) is 83.9 Å². The lowest BCUT2D eigenvalue weighted by Gasteiger charge is -2.15. The van der Waals surface area contributed by atoms with E-state index in [4.69, 9.17) is 13.9 Å². The molecule has 0 atom stereocenters. The van der Waals surface area contributed by atoms with E-state index in [2.05, 4.69) is 10.3 Å². The number of hydrogen-bond donors (Lipinski definition) is 1. The van der Waals surface area contributed by atoms with Gasteiger partial charge in [0.2, 0.25) is 5.91 Å². The minimum atomic E-state index is -0.177. The SMILES string of the molecule is CCOc1c(/C(C)=C/C(=O)NCc2cccnc2)cc2c(-c3ccc(OC)cc3)coc2c1C. The number of nitrogens with one attached hydrogen (secondary N) is 1. The number of ether oxygens (including phenoxy) is 2. The summed E-state index contributed by atoms with van der Waals surface area (Å²) in [5.74, 6) is 1.34. The summed E-state index contributed by atoms with van der Waals surface area (Å²) in [6.07, 6.45) is 6.81. The molecule has 0 spiro atoms. The van der Waals surface area contributed by atoms with E-state index < -0.39 is 0 Å². The van der Waals surface area contributed by atoms with E-state index in [1.165, 1.54) is 0 Å². The molecule has 4 aromatic rings. The molecule has 0 bridgehead atoms. The fourth-order valence-corrected chi connectivity index (χ4v) is 3.95. The molecule has 0 saturated carbocycles. The Morgan fingerprint density at radius 1 is 1.21 bits per heavy atom. The van der Waals surface area contributed by atoms with Gasteiger partial charge < -0.3 is 19.2 Å². The maximum atomic E-state index is 12.6. The van der Waals surface area contributed by atoms with Gasteiger partial charge in [0, 0.05) is 47.1 Å². The summed E-state index contributed by atoms with van der Waals surface area (Å²) in [5.41, 5.74) is 6.27. The van der Waals surface area contributed by atoms with E-state index in [1.807, 2.05) is 63.2 Å². The van der Waals surface area contributed by atoms with Crippen molar-refractivity contribution in [2.75, 3.05) is 13.7 Å². The first-order valence-corrected chi connectivity index (χ1v) is 11.2. The molecular formula is C28H28N2O4. The molecule has 0 unspecified atom stereocenters. The molecule has 4 rings (SSSR count). The predicted octanol–water partition coefficient (Wildman–Crippen LogP) is 5.93. The molecule has 6 heteroatoms. The van der Waals surface area contributed by atoms with Crippen LogP contribution in [-0.4, -0.2) is 24.6 Å². The number of amides is 1. The van der Waals surface area contributed by atoms with E-state index in [0.717, 1.165) is 55.9 Å². The molecule has 0 fully saturated rings. The molecule has 2 aromatic heterocycles. The third kappa shape index (κ3) is 4.81. The number of allylic oxidation sites excluding steroid dienone is 1. The van der Waals surface area contributed by atoms with Crippen LogP contribution in [0, 0.1) is 6.92 Å². The second-order valence-corrected chi connectivity index (χ2v) is 7.97. The van der Waals surface area contributed by atoms with Gasteiger partial charge in [-0.05, 0) is 61.7 Å². The van der Waals surface area contributed by atoms with Crippen molar-refractivity contribution in [1.29, 1.82) is 0 Å². The number of carbonyl (C=O) groups is 1. The van der Waals surface area contributed by atoms with E-state index >= 15 is 0 Å². The number of furan rings is 1. The summed E-state index contributed by atoms with van der Waals surface area (Å²) in [6, 6.07) is 13.7. The number of rotatable bonds is 8. The Labute approximate surface area is 199 Å². The smallest absolute Gasteiger partial charge is 0.244 e. The molecule has 1 N–H and O–H groups in total. The number of fused-ring (bicyclic) bond motifs is 1. The first kappa shape index (κ1) is 23.1. The normalized spacial score (nSPS) is 11.5. The van der Waals surface area contributed by atoms with E-state index in [9.17, 15) is 4.79 Å². The van der Waals surface area contributed by atoms with Gasteiger partial charge >= 0.3 is 0 Å². The molecule has 0 aliphatic heterocycles. The van der Waals surface area contributed by atoms with Gasteiger partial charge in [-0.25, -0.2) is 0 Å². The van der Waals surface area contributed by atoms with Crippen LogP contribution >= 0.6 is 0 Å². The Morgan fingerprint density at radius 3 is 2.68 bits per heavy atom. The van der Waals surface area contributed by atoms with Crippen molar-refractivity contribution in [2.45, 2.75) is 27.3 Å². The number of benzene rings is 2. The summed E-state index contributed by atoms with van der Waals surface area (Å²) in [4.78, 5) is 16.7. The minimum Gasteiger partial charge on any atom is -0.497 e. The van der Waals surface area contributed by atoms with Crippen molar-refractivity contribution in [1.82, 2.24) is 10.3 Å². The third-order valence-electron chi connectivity index (χ3n) is 5.70. The zero-order valence-electron chi connectivity index (χ0n) is 19.8. The van der Waals surface area contributed by atoms with Gasteiger partial charge in [0.05, 0.1) is 20.0 Å². The van der Waals surface area contributed by atoms with Crippen LogP contribution in [0.5, 0.6) is 11.5 Å². The Kier molecular flexibility index (Phi) is 6.97. The second-order valence-electron chi connectivity index (χ2n) is 7.97. The molecule has 1 amide bonds. The lowest BCUT2D eigenvalue weighted by molar-refractivity contribution is -0.116. The molecular weight excluding hydrogens is 428 g/mol. The maximum Gasteiger partial charge on any atom is 0.244 e. The molecule has 6 nitrogen and oxygen atoms in total. The highest BCUT2D eigenvalue weighted by molar-refractivity contribution is 6.01. The van der Waals surface area contributed by atoms with Crippen LogP contribution in [0.25, 0.3) is 27.7 Å². The number of aromatic nitrogens is 1. The summed E-state index contributed by atoms with van der Waals surface area (Å²) in [6.45, 7) is 6.76. The highest BCUT2D eigenvalue weighted by Crippen LogP contribution is 2.41. The minimum absolute atomic E-state index is 0.177. The monoisotopic (exact) mass is 456 g/mol. The second kappa shape index (κ2) is 10.3. The number of hydrogen-bond acceptors (Lipinski definition) is 5. The first-order valence-electron chi connectivity index (χ1n) is 11.2. The summed E-state index contributed by atoms with van der Waals surface area (Å²) < 4.78 is 17.2. The van der Waals surface area contributed by atoms with Gasteiger partial charge in [-0.2, -0.15) is 0 Å². The van der Waals surface area contributed by atoms with Gasteiger partial charge in [0.25, 0.3) is 0 Å². The quantitative estimate of drug-likeness (QED) is 0.333. The van der Waals surface area contributed by atoms with Crippen LogP contribution in [0.1, 0.15) is 30.5 Å². The van der Waals surface area contributed by atoms with Crippen LogP contribution in [0.3, 0.4) is 0 Å². The molecule has 0 radical (unpaired) electrons. The Morgan fingerprint density at radius 2 is 2.00 bits per heavy atom. The van der Waals surface area contributed by atoms with Gasteiger partial charge in [0.1, 0.15) is 17.1 Å². The van der Waals surface area contributed by atoms with Gasteiger partial charge in [-0.15, -0.1) is 0 Å². The van der Waals surface area contributed by atoms with Crippen molar-refractivity contribution in [3.8, 4) is 22.6 Å². The highest BCUT2D eigenvalue weighted by Gasteiger charge is 2.19. The van der Waals surface area contributed by atoms with Gasteiger partial charge in [-0.3, -0.25) is 9.78 Å². The lowest BCUT2D eigenvalue weighted by Crippen LogP contribution is -2.20. The third-order valence-corrected chi connectivity index (χ3v) is 5.70. The van der Waals surface area contributed by atoms with Crippen LogP contribution in [0.4, 0.5) is 0 Å². The highest BCUT2D eigenvalue weighted by atomic mass is 16.5. The van der Waals surface area contributed by atoms with E-state index in [-0.39, 0.29) is 5.91 Å². The number of aryl methyl sites for hydroxylation is 1. The fourth-order valence-electron chi connectivity index (χ4n) is 3.95. The molecule has 0 saturated heterocycles. The van der Waals surface area contributed by atoms with E-state index in [1.54, 1.807) is 31.8 Å². The van der Waals surface area contributed by atoms with Crippen molar-refractivity contribution < 1.29 is 18.7 Å². The van der Waals surface area contributed by atoms with Crippen LogP contribution in [-0.2, 0) is 11.3 Å². The Bertz CT molecular complexity index is 1320. The molecule has 0 aliphatic carbocycles. The van der Waals surface area contributed by atoms with Gasteiger partial charge in [-0.1, -0.05) is 18.2 Å². The van der Waals surface area contributed by atoms with Crippen LogP contribution in [0.2, 0.25) is 0 Å².